The third-order valence-electron chi connectivity index (χ3n) is 3.20. The van der Waals surface area contributed by atoms with Crippen LogP contribution in [0.2, 0.25) is 0 Å². The number of carbonyl (C=O) groups is 2. The van der Waals surface area contributed by atoms with E-state index in [9.17, 15) is 14.4 Å². The zero-order valence-electron chi connectivity index (χ0n) is 17.7. The Kier molecular flexibility index (Phi) is 1.71. The van der Waals surface area contributed by atoms with Crippen LogP contribution in [0.4, 0.5) is 5.69 Å². The van der Waals surface area contributed by atoms with Gasteiger partial charge in [0.2, 0.25) is 0 Å². The molecule has 1 saturated carbocycles. The first-order valence-corrected chi connectivity index (χ1v) is 6.07. The van der Waals surface area contributed by atoms with Crippen molar-refractivity contribution in [3.63, 3.8) is 0 Å². The minimum Gasteiger partial charge on any atom is -0.398 e. The molecule has 1 aliphatic rings. The molecular weight excluding hydrogens is 270 g/mol. The number of aromatic nitrogens is 2. The van der Waals surface area contributed by atoms with Crippen LogP contribution in [0.15, 0.2) is 23.0 Å². The van der Waals surface area contributed by atoms with E-state index in [1.807, 2.05) is 0 Å². The lowest BCUT2D eigenvalue weighted by Gasteiger charge is -2.24. The van der Waals surface area contributed by atoms with Crippen LogP contribution in [-0.4, -0.2) is 21.1 Å². The molecule has 2 N–H and O–H groups in total. The fraction of sp³-hybridized carbons (Fsp3) is 0.333. The number of rotatable bonds is 1. The second kappa shape index (κ2) is 4.80. The van der Waals surface area contributed by atoms with E-state index < -0.39 is 55.0 Å². The molecule has 0 spiro atoms. The number of hydrogen-bond acceptors (Lipinski definition) is 5. The van der Waals surface area contributed by atoms with Gasteiger partial charge in [-0.2, -0.15) is 0 Å². The molecule has 21 heavy (non-hydrogen) atoms. The summed E-state index contributed by atoms with van der Waals surface area (Å²) in [6.45, 7) is -3.02. The first-order valence-electron chi connectivity index (χ1n) is 9.65. The molecule has 2 atom stereocenters. The van der Waals surface area contributed by atoms with Crippen molar-refractivity contribution in [2.24, 2.45) is 0 Å². The predicted octanol–water partition coefficient (Wildman–Crippen LogP) is 1.15. The predicted molar refractivity (Wildman–Crippen MR) is 78.1 cm³/mol. The van der Waals surface area contributed by atoms with Gasteiger partial charge in [0.15, 0.2) is 5.78 Å². The molecule has 2 aromatic rings. The Balaban J connectivity index is 2.46. The van der Waals surface area contributed by atoms with Gasteiger partial charge in [-0.05, 0) is 25.4 Å². The van der Waals surface area contributed by atoms with Crippen molar-refractivity contribution >= 4 is 28.2 Å². The van der Waals surface area contributed by atoms with Gasteiger partial charge in [-0.3, -0.25) is 19.0 Å². The van der Waals surface area contributed by atoms with Crippen LogP contribution >= 0.6 is 0 Å². The molecule has 6 nitrogen and oxygen atoms in total. The zero-order valence-corrected chi connectivity index (χ0v) is 10.7. The Morgan fingerprint density at radius 1 is 1.48 bits per heavy atom. The van der Waals surface area contributed by atoms with Gasteiger partial charge in [0.05, 0.1) is 24.7 Å². The maximum Gasteiger partial charge on any atom is 0.264 e. The number of benzene rings is 1. The molecule has 6 heteroatoms. The molecule has 3 rings (SSSR count). The van der Waals surface area contributed by atoms with E-state index in [4.69, 9.17) is 15.3 Å². The van der Waals surface area contributed by atoms with Crippen LogP contribution in [0.5, 0.6) is 0 Å². The standard InChI is InChI=1S/C15H15N3O3/c1-8-17-11-4-2-3-10(16)14(11)15(21)18(8)12-6-5-9(19)7-13(12)20/h2-4,12H,5-7,16H2,1H3/i1D3,2D,5D,6D2. The minimum absolute atomic E-state index is 0.118. The van der Waals surface area contributed by atoms with Crippen LogP contribution < -0.4 is 11.3 Å². The van der Waals surface area contributed by atoms with E-state index in [0.717, 1.165) is 12.1 Å². The number of aryl methyl sites for hydroxylation is 1. The molecule has 1 aliphatic carbocycles. The van der Waals surface area contributed by atoms with Gasteiger partial charge in [0.1, 0.15) is 11.6 Å². The number of fused-ring (bicyclic) bond motifs is 1. The molecule has 2 unspecified atom stereocenters. The lowest BCUT2D eigenvalue weighted by molar-refractivity contribution is -0.132. The Bertz CT molecular complexity index is 1080. The number of hydrogen-bond donors (Lipinski definition) is 1. The van der Waals surface area contributed by atoms with Gasteiger partial charge in [0.25, 0.3) is 5.56 Å². The second-order valence-electron chi connectivity index (χ2n) is 4.60. The highest BCUT2D eigenvalue weighted by molar-refractivity contribution is 6.03. The van der Waals surface area contributed by atoms with Crippen molar-refractivity contribution in [2.75, 3.05) is 5.73 Å². The molecule has 0 radical (unpaired) electrons. The van der Waals surface area contributed by atoms with Crippen molar-refractivity contribution in [3.05, 3.63) is 34.4 Å². The average molecular weight is 292 g/mol. The summed E-state index contributed by atoms with van der Waals surface area (Å²) in [6, 6.07) is 0.120. The van der Waals surface area contributed by atoms with E-state index >= 15 is 0 Å². The lowest BCUT2D eigenvalue weighted by atomic mass is 9.92. The number of nitrogen functional groups attached to an aromatic ring is 1. The molecule has 1 heterocycles. The maximum absolute atomic E-state index is 13.1. The maximum atomic E-state index is 13.1. The van der Waals surface area contributed by atoms with Crippen LogP contribution in [0.1, 0.15) is 40.7 Å². The highest BCUT2D eigenvalue weighted by Gasteiger charge is 2.30. The zero-order chi connectivity index (χ0) is 21.2. The monoisotopic (exact) mass is 292 g/mol. The lowest BCUT2D eigenvalue weighted by Crippen LogP contribution is -2.36. The molecule has 0 saturated heterocycles. The number of ketones is 2. The first kappa shape index (κ1) is 7.49. The van der Waals surface area contributed by atoms with E-state index in [-0.39, 0.29) is 22.6 Å². The summed E-state index contributed by atoms with van der Waals surface area (Å²) in [5.74, 6) is -2.86. The number of anilines is 1. The fourth-order valence-electron chi connectivity index (χ4n) is 2.25. The molecule has 108 valence electrons. The van der Waals surface area contributed by atoms with E-state index in [1.54, 1.807) is 0 Å². The number of nitrogens with zero attached hydrogens (tertiary/aromatic N) is 2. The molecule has 1 aromatic carbocycles. The average Bonchev–Trinajstić information content (AvgIpc) is 2.52. The summed E-state index contributed by atoms with van der Waals surface area (Å²) < 4.78 is 55.1. The summed E-state index contributed by atoms with van der Waals surface area (Å²) in [4.78, 5) is 41.3. The highest BCUT2D eigenvalue weighted by atomic mass is 16.2. The molecule has 1 aromatic heterocycles. The second-order valence-corrected chi connectivity index (χ2v) is 4.60. The summed E-state index contributed by atoms with van der Waals surface area (Å²) in [7, 11) is 0. The summed E-state index contributed by atoms with van der Waals surface area (Å²) in [6.07, 6.45) is -5.62. The van der Waals surface area contributed by atoms with Gasteiger partial charge in [-0.25, -0.2) is 4.98 Å². The third-order valence-corrected chi connectivity index (χ3v) is 3.20. The van der Waals surface area contributed by atoms with Crippen LogP contribution in [-0.2, 0) is 9.59 Å². The third kappa shape index (κ3) is 2.12. The molecule has 1 fully saturated rings. The van der Waals surface area contributed by atoms with Gasteiger partial charge >= 0.3 is 0 Å². The minimum atomic E-state index is -3.02. The quantitative estimate of drug-likeness (QED) is 0.628. The molecule has 0 aliphatic heterocycles. The SMILES string of the molecule is [2H]c1cc(N)c2c(=O)n(C3C(=O)CC(=O)C([2H])C3([2H])[2H])c(C([2H])([2H])[2H])nc2c1. The fourth-order valence-corrected chi connectivity index (χ4v) is 2.25. The molecule has 0 bridgehead atoms. The van der Waals surface area contributed by atoms with Crippen molar-refractivity contribution in [1.82, 2.24) is 9.55 Å². The van der Waals surface area contributed by atoms with Crippen molar-refractivity contribution in [1.29, 1.82) is 0 Å². The normalized spacial score (nSPS) is 30.6. The van der Waals surface area contributed by atoms with E-state index in [0.29, 0.717) is 4.57 Å². The molecule has 0 amide bonds. The van der Waals surface area contributed by atoms with Crippen molar-refractivity contribution in [2.45, 2.75) is 32.1 Å². The first-order chi connectivity index (χ1) is 12.8. The Morgan fingerprint density at radius 3 is 3.05 bits per heavy atom. The van der Waals surface area contributed by atoms with E-state index in [1.165, 1.54) is 0 Å². The Morgan fingerprint density at radius 2 is 2.29 bits per heavy atom. The summed E-state index contributed by atoms with van der Waals surface area (Å²) >= 11 is 0. The van der Waals surface area contributed by atoms with Crippen LogP contribution in [0, 0.1) is 6.85 Å². The summed E-state index contributed by atoms with van der Waals surface area (Å²) in [5.41, 5.74) is 4.33. The Labute approximate surface area is 130 Å². The van der Waals surface area contributed by atoms with Crippen molar-refractivity contribution < 1.29 is 19.2 Å². The number of carbonyl (C=O) groups excluding carboxylic acids is 2. The van der Waals surface area contributed by atoms with Gasteiger partial charge < -0.3 is 5.73 Å². The van der Waals surface area contributed by atoms with Crippen molar-refractivity contribution in [3.8, 4) is 0 Å². The highest BCUT2D eigenvalue weighted by Crippen LogP contribution is 2.24. The number of nitrogens with two attached hydrogens (primary N) is 1. The molecular formula is C15H15N3O3. The van der Waals surface area contributed by atoms with Gasteiger partial charge in [-0.15, -0.1) is 0 Å². The topological polar surface area (TPSA) is 95.0 Å². The smallest absolute Gasteiger partial charge is 0.264 e. The summed E-state index contributed by atoms with van der Waals surface area (Å²) in [5, 5.41) is -0.272. The van der Waals surface area contributed by atoms with Crippen LogP contribution in [0.3, 0.4) is 0 Å². The Hall–Kier alpha value is -2.50. The van der Waals surface area contributed by atoms with Gasteiger partial charge in [-0.1, -0.05) is 6.04 Å². The van der Waals surface area contributed by atoms with Gasteiger partial charge in [0, 0.05) is 20.3 Å². The van der Waals surface area contributed by atoms with Crippen LogP contribution in [0.25, 0.3) is 10.9 Å². The number of Topliss-reactive ketones (excluding diaryl/α,β-unsaturated/α-hetero) is 2. The largest absolute Gasteiger partial charge is 0.398 e. The van der Waals surface area contributed by atoms with E-state index in [2.05, 4.69) is 4.98 Å².